The van der Waals surface area contributed by atoms with Crippen LogP contribution < -0.4 is 4.90 Å². The van der Waals surface area contributed by atoms with Crippen LogP contribution in [0, 0.1) is 0 Å². The number of aliphatic hydroxyl groups is 1. The number of aromatic nitrogens is 1. The topological polar surface area (TPSA) is 63.2 Å². The van der Waals surface area contributed by atoms with Crippen molar-refractivity contribution >= 4 is 11.7 Å². The summed E-state index contributed by atoms with van der Waals surface area (Å²) < 4.78 is 0. The first-order chi connectivity index (χ1) is 11.7. The largest absolute Gasteiger partial charge is 0.395 e. The highest BCUT2D eigenvalue weighted by atomic mass is 16.3. The maximum atomic E-state index is 12.6. The van der Waals surface area contributed by atoms with E-state index in [0.717, 1.165) is 45.1 Å². The average Bonchev–Trinajstić information content (AvgIpc) is 2.63. The highest BCUT2D eigenvalue weighted by Gasteiger charge is 2.22. The number of anilines is 1. The van der Waals surface area contributed by atoms with E-state index < -0.39 is 0 Å². The second kappa shape index (κ2) is 7.92. The number of β-amino-alcohol motifs (C(OH)–C–C–N with tert-alkyl or cyclic N) is 1. The van der Waals surface area contributed by atoms with E-state index >= 15 is 0 Å². The molecule has 0 radical (unpaired) electrons. The molecule has 2 fully saturated rings. The summed E-state index contributed by atoms with van der Waals surface area (Å²) in [4.78, 5) is 25.7. The van der Waals surface area contributed by atoms with Crippen molar-refractivity contribution < 1.29 is 9.90 Å². The number of carbonyl (C=O) groups is 1. The number of rotatable bonds is 4. The quantitative estimate of drug-likeness (QED) is 0.808. The van der Waals surface area contributed by atoms with Crippen molar-refractivity contribution in [2.75, 3.05) is 77.5 Å². The Morgan fingerprint density at radius 1 is 1.08 bits per heavy atom. The van der Waals surface area contributed by atoms with Crippen molar-refractivity contribution in [3.05, 3.63) is 23.9 Å². The van der Waals surface area contributed by atoms with E-state index in [1.54, 1.807) is 6.20 Å². The Morgan fingerprint density at radius 3 is 2.38 bits per heavy atom. The van der Waals surface area contributed by atoms with Crippen LogP contribution in [-0.2, 0) is 0 Å². The summed E-state index contributed by atoms with van der Waals surface area (Å²) in [6, 6.07) is 3.85. The van der Waals surface area contributed by atoms with Crippen LogP contribution in [-0.4, -0.2) is 103 Å². The van der Waals surface area contributed by atoms with E-state index in [2.05, 4.69) is 26.7 Å². The molecular formula is C17H27N5O2. The molecule has 7 heteroatoms. The Labute approximate surface area is 143 Å². The van der Waals surface area contributed by atoms with Crippen LogP contribution in [0.25, 0.3) is 0 Å². The van der Waals surface area contributed by atoms with Crippen molar-refractivity contribution in [3.63, 3.8) is 0 Å². The molecule has 1 aromatic rings. The van der Waals surface area contributed by atoms with Gasteiger partial charge in [-0.2, -0.15) is 0 Å². The average molecular weight is 333 g/mol. The third-order valence-electron chi connectivity index (χ3n) is 4.90. The van der Waals surface area contributed by atoms with Gasteiger partial charge in [0.1, 0.15) is 5.82 Å². The predicted molar refractivity (Wildman–Crippen MR) is 93.4 cm³/mol. The van der Waals surface area contributed by atoms with Crippen LogP contribution in [0.5, 0.6) is 0 Å². The minimum atomic E-state index is 0.0519. The van der Waals surface area contributed by atoms with Crippen molar-refractivity contribution in [2.24, 2.45) is 0 Å². The zero-order valence-corrected chi connectivity index (χ0v) is 14.4. The highest BCUT2D eigenvalue weighted by Crippen LogP contribution is 2.15. The summed E-state index contributed by atoms with van der Waals surface area (Å²) in [5, 5.41) is 8.98. The van der Waals surface area contributed by atoms with Gasteiger partial charge in [-0.05, 0) is 19.2 Å². The summed E-state index contributed by atoms with van der Waals surface area (Å²) in [6.07, 6.45) is 1.70. The molecule has 1 amide bonds. The van der Waals surface area contributed by atoms with Gasteiger partial charge in [0.05, 0.1) is 12.2 Å². The molecule has 7 nitrogen and oxygen atoms in total. The lowest BCUT2D eigenvalue weighted by molar-refractivity contribution is 0.0614. The normalized spacial score (nSPS) is 20.4. The molecular weight excluding hydrogens is 306 g/mol. The molecule has 2 saturated heterocycles. The molecule has 3 heterocycles. The van der Waals surface area contributed by atoms with E-state index in [0.29, 0.717) is 25.2 Å². The lowest BCUT2D eigenvalue weighted by Gasteiger charge is -2.34. The molecule has 132 valence electrons. The second-order valence-electron chi connectivity index (χ2n) is 6.55. The molecule has 0 aromatic carbocycles. The second-order valence-corrected chi connectivity index (χ2v) is 6.55. The molecule has 1 N–H and O–H groups in total. The fraction of sp³-hybridized carbons (Fsp3) is 0.647. The summed E-state index contributed by atoms with van der Waals surface area (Å²) >= 11 is 0. The number of aliphatic hydroxyl groups excluding tert-OH is 1. The van der Waals surface area contributed by atoms with E-state index in [1.165, 1.54) is 0 Å². The predicted octanol–water partition coefficient (Wildman–Crippen LogP) is -0.416. The Balaban J connectivity index is 1.56. The van der Waals surface area contributed by atoms with Gasteiger partial charge in [0.25, 0.3) is 5.91 Å². The van der Waals surface area contributed by atoms with E-state index in [1.807, 2.05) is 17.0 Å². The molecule has 0 saturated carbocycles. The first-order valence-electron chi connectivity index (χ1n) is 8.69. The molecule has 2 aliphatic heterocycles. The summed E-state index contributed by atoms with van der Waals surface area (Å²) in [5.74, 6) is 1.00. The minimum absolute atomic E-state index is 0.0519. The number of piperazine rings is 2. The minimum Gasteiger partial charge on any atom is -0.395 e. The zero-order chi connectivity index (χ0) is 16.9. The Kier molecular flexibility index (Phi) is 5.65. The lowest BCUT2D eigenvalue weighted by Crippen LogP contribution is -2.49. The van der Waals surface area contributed by atoms with Gasteiger partial charge < -0.3 is 19.8 Å². The van der Waals surface area contributed by atoms with Crippen LogP contribution in [0.4, 0.5) is 5.82 Å². The number of nitrogens with zero attached hydrogens (tertiary/aromatic N) is 5. The molecule has 0 aliphatic carbocycles. The molecule has 0 bridgehead atoms. The third kappa shape index (κ3) is 4.03. The highest BCUT2D eigenvalue weighted by molar-refractivity contribution is 5.94. The monoisotopic (exact) mass is 333 g/mol. The maximum absolute atomic E-state index is 12.6. The van der Waals surface area contributed by atoms with Gasteiger partial charge in [-0.3, -0.25) is 9.69 Å². The number of hydrogen-bond acceptors (Lipinski definition) is 6. The first-order valence-corrected chi connectivity index (χ1v) is 8.69. The molecule has 24 heavy (non-hydrogen) atoms. The first kappa shape index (κ1) is 17.1. The Hall–Kier alpha value is -1.70. The van der Waals surface area contributed by atoms with Gasteiger partial charge in [-0.1, -0.05) is 0 Å². The van der Waals surface area contributed by atoms with Gasteiger partial charge in [0.2, 0.25) is 0 Å². The molecule has 0 spiro atoms. The van der Waals surface area contributed by atoms with E-state index in [4.69, 9.17) is 5.11 Å². The van der Waals surface area contributed by atoms with Crippen LogP contribution in [0.3, 0.4) is 0 Å². The van der Waals surface area contributed by atoms with E-state index in [9.17, 15) is 4.79 Å². The van der Waals surface area contributed by atoms with Crippen LogP contribution in [0.1, 0.15) is 10.4 Å². The number of amides is 1. The van der Waals surface area contributed by atoms with Crippen molar-refractivity contribution in [2.45, 2.75) is 0 Å². The standard InChI is InChI=1S/C17H27N5O2/c1-19-4-8-21(9-5-19)16-3-2-15(14-18-16)17(24)22-10-6-20(7-11-22)12-13-23/h2-3,14,23H,4-13H2,1H3. The number of hydrogen-bond donors (Lipinski definition) is 1. The van der Waals surface area contributed by atoms with Crippen molar-refractivity contribution in [1.29, 1.82) is 0 Å². The molecule has 2 aliphatic rings. The number of pyridine rings is 1. The lowest BCUT2D eigenvalue weighted by atomic mass is 10.2. The van der Waals surface area contributed by atoms with Crippen molar-refractivity contribution in [1.82, 2.24) is 19.7 Å². The fourth-order valence-electron chi connectivity index (χ4n) is 3.23. The van der Waals surface area contributed by atoms with Gasteiger partial charge in [-0.15, -0.1) is 0 Å². The fourth-order valence-corrected chi connectivity index (χ4v) is 3.23. The van der Waals surface area contributed by atoms with Crippen molar-refractivity contribution in [3.8, 4) is 0 Å². The van der Waals surface area contributed by atoms with Gasteiger partial charge >= 0.3 is 0 Å². The Bertz CT molecular complexity index is 534. The summed E-state index contributed by atoms with van der Waals surface area (Å²) in [7, 11) is 2.13. The zero-order valence-electron chi connectivity index (χ0n) is 14.4. The SMILES string of the molecule is CN1CCN(c2ccc(C(=O)N3CCN(CCO)CC3)cn2)CC1. The molecule has 0 unspecified atom stereocenters. The third-order valence-corrected chi connectivity index (χ3v) is 4.90. The van der Waals surface area contributed by atoms with Gasteiger partial charge in [0, 0.05) is 65.1 Å². The van der Waals surface area contributed by atoms with E-state index in [-0.39, 0.29) is 12.5 Å². The van der Waals surface area contributed by atoms with Crippen LogP contribution in [0.2, 0.25) is 0 Å². The van der Waals surface area contributed by atoms with Crippen LogP contribution >= 0.6 is 0 Å². The molecule has 0 atom stereocenters. The smallest absolute Gasteiger partial charge is 0.255 e. The summed E-state index contributed by atoms with van der Waals surface area (Å²) in [5.41, 5.74) is 0.656. The number of carbonyl (C=O) groups excluding carboxylic acids is 1. The summed E-state index contributed by atoms with van der Waals surface area (Å²) in [6.45, 7) is 7.94. The number of likely N-dealkylation sites (N-methyl/N-ethyl adjacent to an activating group) is 1. The van der Waals surface area contributed by atoms with Gasteiger partial charge in [-0.25, -0.2) is 4.98 Å². The molecule has 3 rings (SSSR count). The molecule has 1 aromatic heterocycles. The van der Waals surface area contributed by atoms with Gasteiger partial charge in [0.15, 0.2) is 0 Å². The maximum Gasteiger partial charge on any atom is 0.255 e. The Morgan fingerprint density at radius 2 is 1.79 bits per heavy atom. The van der Waals surface area contributed by atoms with Crippen LogP contribution in [0.15, 0.2) is 18.3 Å².